The molecule has 1 aromatic heterocycles. The van der Waals surface area contributed by atoms with Crippen LogP contribution in [-0.4, -0.2) is 24.2 Å². The van der Waals surface area contributed by atoms with Crippen LogP contribution in [0.3, 0.4) is 0 Å². The van der Waals surface area contributed by atoms with E-state index < -0.39 is 0 Å². The number of rotatable bonds is 7. The van der Waals surface area contributed by atoms with E-state index in [9.17, 15) is 0 Å². The number of thiazole rings is 1. The second-order valence-corrected chi connectivity index (χ2v) is 6.02. The topological polar surface area (TPSA) is 34.1 Å². The first kappa shape index (κ1) is 14.0. The van der Waals surface area contributed by atoms with Gasteiger partial charge in [0.25, 0.3) is 0 Å². The van der Waals surface area contributed by atoms with Crippen LogP contribution in [0.5, 0.6) is 0 Å². The molecule has 2 heterocycles. The summed E-state index contributed by atoms with van der Waals surface area (Å²) in [5, 5.41) is 4.67. The minimum absolute atomic E-state index is 0.414. The van der Waals surface area contributed by atoms with Crippen molar-refractivity contribution < 1.29 is 4.74 Å². The monoisotopic (exact) mass is 268 g/mol. The van der Waals surface area contributed by atoms with E-state index in [-0.39, 0.29) is 0 Å². The normalized spacial score (nSPS) is 19.6. The Labute approximate surface area is 114 Å². The lowest BCUT2D eigenvalue weighted by Crippen LogP contribution is -2.11. The molecular weight excluding hydrogens is 244 g/mol. The van der Waals surface area contributed by atoms with Gasteiger partial charge in [-0.1, -0.05) is 20.3 Å². The summed E-state index contributed by atoms with van der Waals surface area (Å²) in [7, 11) is 0. The molecule has 0 aromatic carbocycles. The zero-order valence-corrected chi connectivity index (χ0v) is 12.3. The summed E-state index contributed by atoms with van der Waals surface area (Å²) < 4.78 is 5.70. The predicted octanol–water partition coefficient (Wildman–Crippen LogP) is 2.93. The van der Waals surface area contributed by atoms with Crippen LogP contribution in [-0.2, 0) is 24.1 Å². The Kier molecular flexibility index (Phi) is 5.60. The van der Waals surface area contributed by atoms with E-state index in [1.165, 1.54) is 34.8 Å². The Morgan fingerprint density at radius 1 is 1.44 bits per heavy atom. The molecule has 1 aliphatic heterocycles. The number of nitrogens with zero attached hydrogens (tertiary/aromatic N) is 1. The van der Waals surface area contributed by atoms with Gasteiger partial charge in [-0.25, -0.2) is 4.98 Å². The van der Waals surface area contributed by atoms with Gasteiger partial charge in [-0.3, -0.25) is 0 Å². The predicted molar refractivity (Wildman–Crippen MR) is 76.2 cm³/mol. The van der Waals surface area contributed by atoms with Gasteiger partial charge in [0.05, 0.1) is 16.8 Å². The maximum atomic E-state index is 5.70. The van der Waals surface area contributed by atoms with Crippen LogP contribution in [0.15, 0.2) is 0 Å². The van der Waals surface area contributed by atoms with Gasteiger partial charge < -0.3 is 10.1 Å². The Balaban J connectivity index is 2.00. The van der Waals surface area contributed by atoms with Crippen LogP contribution in [0.25, 0.3) is 0 Å². The lowest BCUT2D eigenvalue weighted by molar-refractivity contribution is 0.111. The Morgan fingerprint density at radius 3 is 3.00 bits per heavy atom. The first-order chi connectivity index (χ1) is 8.83. The molecule has 1 unspecified atom stereocenters. The molecule has 0 radical (unpaired) electrons. The van der Waals surface area contributed by atoms with E-state index in [4.69, 9.17) is 9.72 Å². The van der Waals surface area contributed by atoms with E-state index >= 15 is 0 Å². The van der Waals surface area contributed by atoms with Crippen LogP contribution >= 0.6 is 11.3 Å². The zero-order valence-electron chi connectivity index (χ0n) is 11.5. The smallest absolute Gasteiger partial charge is 0.0957 e. The number of aromatic nitrogens is 1. The molecule has 102 valence electrons. The van der Waals surface area contributed by atoms with Crippen molar-refractivity contribution in [1.82, 2.24) is 10.3 Å². The van der Waals surface area contributed by atoms with Gasteiger partial charge in [-0.15, -0.1) is 11.3 Å². The second kappa shape index (κ2) is 7.22. The van der Waals surface area contributed by atoms with Crippen LogP contribution in [0.1, 0.15) is 48.7 Å². The summed E-state index contributed by atoms with van der Waals surface area (Å²) in [4.78, 5) is 6.24. The van der Waals surface area contributed by atoms with Crippen molar-refractivity contribution in [3.63, 3.8) is 0 Å². The van der Waals surface area contributed by atoms with Crippen LogP contribution in [0.2, 0.25) is 0 Å². The van der Waals surface area contributed by atoms with Crippen molar-refractivity contribution in [3.8, 4) is 0 Å². The number of hydrogen-bond donors (Lipinski definition) is 1. The average molecular weight is 268 g/mol. The molecule has 1 aliphatic rings. The molecule has 1 fully saturated rings. The molecule has 0 spiro atoms. The minimum atomic E-state index is 0.414. The average Bonchev–Trinajstić information content (AvgIpc) is 2.98. The van der Waals surface area contributed by atoms with Crippen molar-refractivity contribution in [1.29, 1.82) is 0 Å². The molecule has 1 aromatic rings. The highest BCUT2D eigenvalue weighted by atomic mass is 32.1. The summed E-state index contributed by atoms with van der Waals surface area (Å²) in [6, 6.07) is 0. The molecule has 18 heavy (non-hydrogen) atoms. The maximum absolute atomic E-state index is 5.70. The molecule has 3 nitrogen and oxygen atoms in total. The number of aryl methyl sites for hydroxylation is 1. The molecule has 0 bridgehead atoms. The van der Waals surface area contributed by atoms with Crippen molar-refractivity contribution in [3.05, 3.63) is 15.6 Å². The van der Waals surface area contributed by atoms with Crippen molar-refractivity contribution in [2.24, 2.45) is 0 Å². The largest absolute Gasteiger partial charge is 0.378 e. The molecule has 1 saturated heterocycles. The fourth-order valence-electron chi connectivity index (χ4n) is 2.33. The Hall–Kier alpha value is -0.450. The quantitative estimate of drug-likeness (QED) is 0.825. The summed E-state index contributed by atoms with van der Waals surface area (Å²) in [5.74, 6) is 0. The standard InChI is InChI=1S/C14H24N2OS/c1-3-6-12-13(10-15-4-2)18-14(16-12)9-11-7-5-8-17-11/h11,15H,3-10H2,1-2H3. The molecule has 1 atom stereocenters. The van der Waals surface area contributed by atoms with Crippen LogP contribution in [0.4, 0.5) is 0 Å². The van der Waals surface area contributed by atoms with E-state index in [2.05, 4.69) is 19.2 Å². The lowest BCUT2D eigenvalue weighted by Gasteiger charge is -2.05. The third-order valence-electron chi connectivity index (χ3n) is 3.27. The first-order valence-electron chi connectivity index (χ1n) is 7.13. The second-order valence-electron chi connectivity index (χ2n) is 4.85. The first-order valence-corrected chi connectivity index (χ1v) is 7.94. The number of ether oxygens (including phenoxy) is 1. The molecular formula is C14H24N2OS. The zero-order chi connectivity index (χ0) is 12.8. The summed E-state index contributed by atoms with van der Waals surface area (Å²) in [5.41, 5.74) is 1.30. The Bertz CT molecular complexity index is 359. The lowest BCUT2D eigenvalue weighted by atomic mass is 10.2. The van der Waals surface area contributed by atoms with Crippen molar-refractivity contribution in [2.75, 3.05) is 13.2 Å². The third-order valence-corrected chi connectivity index (χ3v) is 4.39. The van der Waals surface area contributed by atoms with E-state index in [0.717, 1.165) is 32.5 Å². The van der Waals surface area contributed by atoms with Crippen LogP contribution in [0, 0.1) is 0 Å². The molecule has 1 N–H and O–H groups in total. The highest BCUT2D eigenvalue weighted by molar-refractivity contribution is 7.11. The fraction of sp³-hybridized carbons (Fsp3) is 0.786. The maximum Gasteiger partial charge on any atom is 0.0957 e. The van der Waals surface area contributed by atoms with Gasteiger partial charge in [0.2, 0.25) is 0 Å². The Morgan fingerprint density at radius 2 is 2.33 bits per heavy atom. The molecule has 0 amide bonds. The number of hydrogen-bond acceptors (Lipinski definition) is 4. The third kappa shape index (κ3) is 3.77. The van der Waals surface area contributed by atoms with Gasteiger partial charge in [0.1, 0.15) is 0 Å². The van der Waals surface area contributed by atoms with Gasteiger partial charge >= 0.3 is 0 Å². The van der Waals surface area contributed by atoms with Crippen molar-refractivity contribution in [2.45, 2.75) is 58.6 Å². The minimum Gasteiger partial charge on any atom is -0.378 e. The van der Waals surface area contributed by atoms with Crippen LogP contribution < -0.4 is 5.32 Å². The fourth-order valence-corrected chi connectivity index (χ4v) is 3.48. The molecule has 2 rings (SSSR count). The van der Waals surface area contributed by atoms with Gasteiger partial charge in [0.15, 0.2) is 0 Å². The highest BCUT2D eigenvalue weighted by Gasteiger charge is 2.19. The summed E-state index contributed by atoms with van der Waals surface area (Å²) >= 11 is 1.87. The number of nitrogens with one attached hydrogen (secondary N) is 1. The molecule has 4 heteroatoms. The summed E-state index contributed by atoms with van der Waals surface area (Å²) in [6.45, 7) is 7.28. The molecule has 0 saturated carbocycles. The SMILES string of the molecule is CCCc1nc(CC2CCCO2)sc1CNCC. The summed E-state index contributed by atoms with van der Waals surface area (Å²) in [6.07, 6.45) is 6.10. The van der Waals surface area contributed by atoms with Gasteiger partial charge in [-0.2, -0.15) is 0 Å². The van der Waals surface area contributed by atoms with Gasteiger partial charge in [0, 0.05) is 24.4 Å². The van der Waals surface area contributed by atoms with E-state index in [1.54, 1.807) is 0 Å². The van der Waals surface area contributed by atoms with E-state index in [1.807, 2.05) is 11.3 Å². The highest BCUT2D eigenvalue weighted by Crippen LogP contribution is 2.24. The van der Waals surface area contributed by atoms with Gasteiger partial charge in [-0.05, 0) is 25.8 Å². The van der Waals surface area contributed by atoms with E-state index in [0.29, 0.717) is 6.10 Å². The van der Waals surface area contributed by atoms with Crippen molar-refractivity contribution >= 4 is 11.3 Å². The molecule has 0 aliphatic carbocycles.